The third kappa shape index (κ3) is 6.03. The molecule has 0 aromatic rings. The molecule has 1 fully saturated rings. The molecule has 0 unspecified atom stereocenters. The number of carbonyl (C=O) groups excluding carboxylic acids is 1. The van der Waals surface area contributed by atoms with E-state index in [9.17, 15) is 4.79 Å². The lowest BCUT2D eigenvalue weighted by Gasteiger charge is -2.27. The van der Waals surface area contributed by atoms with Crippen LogP contribution in [0.5, 0.6) is 0 Å². The number of amides is 1. The number of hydrogen-bond acceptors (Lipinski definition) is 3. The first-order valence-corrected chi connectivity index (χ1v) is 6.80. The van der Waals surface area contributed by atoms with E-state index >= 15 is 0 Å². The standard InChI is InChI=1S/C13H26N2O2/c1-2-17-8-7-15-13(16)9-11-3-5-12(10-14)6-4-11/h11-12H,2-10,14H2,1H3,(H,15,16). The number of ether oxygens (including phenoxy) is 1. The normalized spacial score (nSPS) is 24.6. The van der Waals surface area contributed by atoms with Crippen LogP contribution < -0.4 is 11.1 Å². The summed E-state index contributed by atoms with van der Waals surface area (Å²) in [7, 11) is 0. The molecule has 0 aromatic carbocycles. The summed E-state index contributed by atoms with van der Waals surface area (Å²) in [6.07, 6.45) is 5.35. The topological polar surface area (TPSA) is 64.3 Å². The molecule has 1 rings (SSSR count). The Kier molecular flexibility index (Phi) is 7.21. The molecule has 100 valence electrons. The van der Waals surface area contributed by atoms with Gasteiger partial charge in [-0.2, -0.15) is 0 Å². The summed E-state index contributed by atoms with van der Waals surface area (Å²) in [5.41, 5.74) is 5.65. The van der Waals surface area contributed by atoms with Crippen LogP contribution in [0.1, 0.15) is 39.0 Å². The molecular formula is C13H26N2O2. The first-order chi connectivity index (χ1) is 8.26. The molecule has 1 aliphatic rings. The first kappa shape index (κ1) is 14.5. The number of rotatable bonds is 7. The molecule has 0 radical (unpaired) electrons. The molecular weight excluding hydrogens is 216 g/mol. The molecule has 0 bridgehead atoms. The van der Waals surface area contributed by atoms with Crippen LogP contribution in [-0.4, -0.2) is 32.2 Å². The molecule has 1 saturated carbocycles. The zero-order valence-electron chi connectivity index (χ0n) is 10.9. The van der Waals surface area contributed by atoms with Crippen molar-refractivity contribution in [2.45, 2.75) is 39.0 Å². The predicted octanol–water partition coefficient (Wildman–Crippen LogP) is 1.29. The molecule has 0 aromatic heterocycles. The molecule has 0 atom stereocenters. The summed E-state index contributed by atoms with van der Waals surface area (Å²) in [4.78, 5) is 11.6. The van der Waals surface area contributed by atoms with Crippen LogP contribution in [0.2, 0.25) is 0 Å². The summed E-state index contributed by atoms with van der Waals surface area (Å²) in [6.45, 7) is 4.71. The highest BCUT2D eigenvalue weighted by Crippen LogP contribution is 2.29. The zero-order chi connectivity index (χ0) is 12.5. The van der Waals surface area contributed by atoms with Crippen molar-refractivity contribution in [2.24, 2.45) is 17.6 Å². The van der Waals surface area contributed by atoms with E-state index in [-0.39, 0.29) is 5.91 Å². The highest BCUT2D eigenvalue weighted by Gasteiger charge is 2.21. The maximum absolute atomic E-state index is 11.6. The zero-order valence-corrected chi connectivity index (χ0v) is 10.9. The maximum Gasteiger partial charge on any atom is 0.220 e. The SMILES string of the molecule is CCOCCNC(=O)CC1CCC(CN)CC1. The van der Waals surface area contributed by atoms with Gasteiger partial charge in [-0.05, 0) is 51.0 Å². The molecule has 3 N–H and O–H groups in total. The highest BCUT2D eigenvalue weighted by molar-refractivity contribution is 5.76. The Balaban J connectivity index is 2.06. The van der Waals surface area contributed by atoms with Gasteiger partial charge in [0, 0.05) is 19.6 Å². The summed E-state index contributed by atoms with van der Waals surface area (Å²) in [5, 5.41) is 2.90. The Morgan fingerprint density at radius 2 is 1.94 bits per heavy atom. The van der Waals surface area contributed by atoms with Crippen LogP contribution in [0, 0.1) is 11.8 Å². The van der Waals surface area contributed by atoms with E-state index in [0.717, 1.165) is 19.4 Å². The second-order valence-electron chi connectivity index (χ2n) is 4.87. The molecule has 0 saturated heterocycles. The van der Waals surface area contributed by atoms with Crippen molar-refractivity contribution in [1.29, 1.82) is 0 Å². The van der Waals surface area contributed by atoms with Crippen LogP contribution in [-0.2, 0) is 9.53 Å². The van der Waals surface area contributed by atoms with Crippen molar-refractivity contribution in [3.63, 3.8) is 0 Å². The largest absolute Gasteiger partial charge is 0.380 e. The Labute approximate surface area is 104 Å². The second kappa shape index (κ2) is 8.48. The van der Waals surface area contributed by atoms with E-state index in [1.165, 1.54) is 12.8 Å². The third-order valence-electron chi connectivity index (χ3n) is 3.55. The molecule has 0 aliphatic heterocycles. The first-order valence-electron chi connectivity index (χ1n) is 6.80. The number of nitrogens with one attached hydrogen (secondary N) is 1. The minimum absolute atomic E-state index is 0.168. The summed E-state index contributed by atoms with van der Waals surface area (Å²) >= 11 is 0. The van der Waals surface area contributed by atoms with Gasteiger partial charge >= 0.3 is 0 Å². The van der Waals surface area contributed by atoms with Gasteiger partial charge in [0.25, 0.3) is 0 Å². The van der Waals surface area contributed by atoms with Crippen molar-refractivity contribution in [3.05, 3.63) is 0 Å². The summed E-state index contributed by atoms with van der Waals surface area (Å²) in [6, 6.07) is 0. The Bertz CT molecular complexity index is 213. The number of nitrogens with two attached hydrogens (primary N) is 1. The van der Waals surface area contributed by atoms with Crippen molar-refractivity contribution >= 4 is 5.91 Å². The van der Waals surface area contributed by atoms with E-state index in [2.05, 4.69) is 5.32 Å². The summed E-state index contributed by atoms with van der Waals surface area (Å²) in [5.74, 6) is 1.41. The Morgan fingerprint density at radius 1 is 1.29 bits per heavy atom. The van der Waals surface area contributed by atoms with Crippen molar-refractivity contribution in [2.75, 3.05) is 26.3 Å². The van der Waals surface area contributed by atoms with Crippen LogP contribution >= 0.6 is 0 Å². The number of hydrogen-bond donors (Lipinski definition) is 2. The van der Waals surface area contributed by atoms with Gasteiger partial charge in [0.1, 0.15) is 0 Å². The van der Waals surface area contributed by atoms with Gasteiger partial charge in [0.2, 0.25) is 5.91 Å². The molecule has 0 spiro atoms. The Morgan fingerprint density at radius 3 is 2.53 bits per heavy atom. The van der Waals surface area contributed by atoms with Crippen LogP contribution in [0.15, 0.2) is 0 Å². The fraction of sp³-hybridized carbons (Fsp3) is 0.923. The van der Waals surface area contributed by atoms with E-state index < -0.39 is 0 Å². The molecule has 1 aliphatic carbocycles. The van der Waals surface area contributed by atoms with Gasteiger partial charge in [-0.1, -0.05) is 0 Å². The average Bonchev–Trinajstić information content (AvgIpc) is 2.36. The fourth-order valence-corrected chi connectivity index (χ4v) is 2.41. The van der Waals surface area contributed by atoms with E-state index in [1.807, 2.05) is 6.92 Å². The molecule has 4 nitrogen and oxygen atoms in total. The van der Waals surface area contributed by atoms with Crippen LogP contribution in [0.4, 0.5) is 0 Å². The summed E-state index contributed by atoms with van der Waals surface area (Å²) < 4.78 is 5.17. The smallest absolute Gasteiger partial charge is 0.220 e. The molecule has 1 amide bonds. The second-order valence-corrected chi connectivity index (χ2v) is 4.87. The van der Waals surface area contributed by atoms with Crippen LogP contribution in [0.25, 0.3) is 0 Å². The fourth-order valence-electron chi connectivity index (χ4n) is 2.41. The van der Waals surface area contributed by atoms with Gasteiger partial charge < -0.3 is 15.8 Å². The van der Waals surface area contributed by atoms with Gasteiger partial charge in [-0.3, -0.25) is 4.79 Å². The van der Waals surface area contributed by atoms with Crippen molar-refractivity contribution in [1.82, 2.24) is 5.32 Å². The van der Waals surface area contributed by atoms with Crippen molar-refractivity contribution < 1.29 is 9.53 Å². The molecule has 4 heteroatoms. The molecule has 17 heavy (non-hydrogen) atoms. The van der Waals surface area contributed by atoms with E-state index in [4.69, 9.17) is 10.5 Å². The van der Waals surface area contributed by atoms with E-state index in [1.54, 1.807) is 0 Å². The van der Waals surface area contributed by atoms with Gasteiger partial charge in [0.15, 0.2) is 0 Å². The minimum Gasteiger partial charge on any atom is -0.380 e. The third-order valence-corrected chi connectivity index (χ3v) is 3.55. The van der Waals surface area contributed by atoms with Crippen molar-refractivity contribution in [3.8, 4) is 0 Å². The van der Waals surface area contributed by atoms with Crippen LogP contribution in [0.3, 0.4) is 0 Å². The average molecular weight is 242 g/mol. The number of carbonyl (C=O) groups is 1. The Hall–Kier alpha value is -0.610. The molecule has 0 heterocycles. The van der Waals surface area contributed by atoms with Gasteiger partial charge in [-0.15, -0.1) is 0 Å². The lowest BCUT2D eigenvalue weighted by atomic mass is 9.80. The van der Waals surface area contributed by atoms with Gasteiger partial charge in [-0.25, -0.2) is 0 Å². The lowest BCUT2D eigenvalue weighted by Crippen LogP contribution is -2.30. The predicted molar refractivity (Wildman–Crippen MR) is 68.6 cm³/mol. The monoisotopic (exact) mass is 242 g/mol. The lowest BCUT2D eigenvalue weighted by molar-refractivity contribution is -0.122. The minimum atomic E-state index is 0.168. The van der Waals surface area contributed by atoms with Gasteiger partial charge in [0.05, 0.1) is 6.61 Å². The maximum atomic E-state index is 11.6. The quantitative estimate of drug-likeness (QED) is 0.661. The highest BCUT2D eigenvalue weighted by atomic mass is 16.5. The van der Waals surface area contributed by atoms with E-state index in [0.29, 0.717) is 38.0 Å².